The third-order valence-electron chi connectivity index (χ3n) is 19.4. The minimum absolute atomic E-state index is 0.315. The molecule has 0 aromatic heterocycles. The molecule has 14 rings (SSSR count). The maximum Gasteiger partial charge on any atom is 0.258 e. The molecule has 10 aromatic rings. The Labute approximate surface area is 574 Å². The number of hydrogen-bond donors (Lipinski definition) is 0. The highest BCUT2D eigenvalue weighted by Gasteiger charge is 2.50. The Morgan fingerprint density at radius 2 is 0.737 bits per heavy atom. The van der Waals surface area contributed by atoms with Gasteiger partial charge in [0, 0.05) is 92.1 Å². The summed E-state index contributed by atoms with van der Waals surface area (Å²) in [5.41, 5.74) is 16.4. The number of halogens is 4. The van der Waals surface area contributed by atoms with Gasteiger partial charge in [-0.15, -0.1) is 20.5 Å². The molecule has 0 aliphatic carbocycles. The van der Waals surface area contributed by atoms with Crippen molar-refractivity contribution < 1.29 is 71.6 Å². The van der Waals surface area contributed by atoms with Gasteiger partial charge >= 0.3 is 0 Å². The Morgan fingerprint density at radius 1 is 0.411 bits per heavy atom. The lowest BCUT2D eigenvalue weighted by Gasteiger charge is -2.29. The molecule has 10 aromatic carbocycles. The summed E-state index contributed by atoms with van der Waals surface area (Å²) in [5, 5.41) is 10.1. The lowest BCUT2D eigenvalue weighted by Crippen LogP contribution is -2.68. The van der Waals surface area contributed by atoms with Gasteiger partial charge in [-0.2, -0.15) is 9.15 Å². The van der Waals surface area contributed by atoms with Crippen LogP contribution in [0.15, 0.2) is 251 Å². The molecular weight excluding hydrogens is 1370 g/mol. The highest BCUT2D eigenvalue weighted by Crippen LogP contribution is 2.55. The standard InChI is InChI=1S/C78H70Br2N4O.2ClHO4/c1-75(2)67(29-19-31-69-77(5,47-51-21-11-9-12-22-51)73-61-45-57(79)39-33-55(61)35-41-63(73)81(69)7)83(65-43-37-53-25-15-17-27-59(53)71(65)75)49-85-50-84-66-44-38-54-26-16-18-28-60(54)72(66)76(3,4)68(84)30-20-32-70-78(6,48-52-23-13-10-14-24-52)74-62-46-58(80)40-34-56(62)36-42-64(74)82(70)8;2*2-1(3,4)5/h9-46H,47-50H2,1-8H3;2*(H,2,3,4,5)/q+2;;/p-2. The molecule has 2 atom stereocenters. The quantitative estimate of drug-likeness (QED) is 0.105. The zero-order valence-corrected chi connectivity index (χ0v) is 58.4. The normalized spacial score (nSPS) is 19.6. The van der Waals surface area contributed by atoms with Gasteiger partial charge in [0.2, 0.25) is 11.4 Å². The summed E-state index contributed by atoms with van der Waals surface area (Å²) in [7, 11) is -5.41. The van der Waals surface area contributed by atoms with Crippen LogP contribution in [-0.2, 0) is 39.2 Å². The largest absolute Gasteiger partial charge is 0.347 e. The van der Waals surface area contributed by atoms with Gasteiger partial charge in [-0.05, 0) is 180 Å². The van der Waals surface area contributed by atoms with Crippen molar-refractivity contribution in [1.29, 1.82) is 0 Å². The van der Waals surface area contributed by atoms with Crippen LogP contribution in [-0.4, -0.2) is 48.1 Å². The van der Waals surface area contributed by atoms with Gasteiger partial charge in [-0.1, -0.05) is 177 Å². The van der Waals surface area contributed by atoms with Gasteiger partial charge in [0.1, 0.15) is 0 Å². The number of fused-ring (bicyclic) bond motifs is 12. The molecule has 95 heavy (non-hydrogen) atoms. The number of likely N-dealkylation sites (N-methyl/N-ethyl adjacent to an activating group) is 2. The highest BCUT2D eigenvalue weighted by atomic mass is 79.9. The zero-order chi connectivity index (χ0) is 67.6. The van der Waals surface area contributed by atoms with E-state index in [2.05, 4.69) is 337 Å². The molecule has 0 spiro atoms. The van der Waals surface area contributed by atoms with Crippen molar-refractivity contribution in [2.24, 2.45) is 0 Å². The molecule has 0 N–H and O–H groups in total. The first-order valence-corrected chi connectivity index (χ1v) is 35.1. The number of benzene rings is 10. The summed E-state index contributed by atoms with van der Waals surface area (Å²) in [6.07, 6.45) is 15.8. The van der Waals surface area contributed by atoms with Crippen LogP contribution >= 0.6 is 31.9 Å². The minimum Gasteiger partial charge on any atom is -0.347 e. The third-order valence-corrected chi connectivity index (χ3v) is 20.4. The molecule has 2 unspecified atom stereocenters. The molecule has 4 aliphatic rings. The van der Waals surface area contributed by atoms with Gasteiger partial charge in [0.25, 0.3) is 13.5 Å². The van der Waals surface area contributed by atoms with Crippen LogP contribution in [0.3, 0.4) is 0 Å². The van der Waals surface area contributed by atoms with Gasteiger partial charge in [-0.3, -0.25) is 4.74 Å². The Hall–Kier alpha value is -7.68. The fourth-order valence-corrected chi connectivity index (χ4v) is 16.2. The van der Waals surface area contributed by atoms with Crippen LogP contribution in [0.4, 0.5) is 22.7 Å². The second-order valence-corrected chi connectivity index (χ2v) is 29.4. The second kappa shape index (κ2) is 26.0. The summed E-state index contributed by atoms with van der Waals surface area (Å²) in [6.45, 7) is 15.1. The van der Waals surface area contributed by atoms with E-state index in [1.807, 2.05) is 0 Å². The first-order valence-electron chi connectivity index (χ1n) is 31.0. The molecular formula is C78H70Br2Cl2N4O9. The van der Waals surface area contributed by atoms with Gasteiger partial charge < -0.3 is 9.80 Å². The first-order chi connectivity index (χ1) is 45.1. The second-order valence-electron chi connectivity index (χ2n) is 26.0. The minimum atomic E-state index is -4.94. The Bertz CT molecular complexity index is 4550. The summed E-state index contributed by atoms with van der Waals surface area (Å²) in [4.78, 5) is 4.84. The molecule has 0 bridgehead atoms. The van der Waals surface area contributed by atoms with Crippen LogP contribution in [0.1, 0.15) is 74.9 Å². The van der Waals surface area contributed by atoms with Crippen LogP contribution in [0.2, 0.25) is 0 Å². The van der Waals surface area contributed by atoms with E-state index in [0.717, 1.165) is 21.8 Å². The number of rotatable bonds is 12. The topological polar surface area (TPSA) is 206 Å². The van der Waals surface area contributed by atoms with Crippen molar-refractivity contribution in [1.82, 2.24) is 0 Å². The lowest BCUT2D eigenvalue weighted by molar-refractivity contribution is -2.00. The van der Waals surface area contributed by atoms with E-state index < -0.39 is 20.5 Å². The zero-order valence-electron chi connectivity index (χ0n) is 53.7. The first kappa shape index (κ1) is 67.3. The summed E-state index contributed by atoms with van der Waals surface area (Å²) >= 11 is 7.67. The van der Waals surface area contributed by atoms with Crippen molar-refractivity contribution in [3.8, 4) is 0 Å². The SMILES string of the molecule is CN1C(=CC=CC2=[N+](COC[N+]3=C(C=CC=C4N(C)c5ccc6ccc(Br)cc6c5C4(C)Cc4ccccc4)C(C)(C)c4c3ccc3ccccc43)c3ccc4ccccc4c3C2(C)C)C(C)(Cc2ccccc2)c2c1ccc1ccc(Br)cc21.[O-][Cl+3]([O-])([O-])[O-].[O-][Cl+3]([O-])([O-])[O-]. The molecule has 13 nitrogen and oxygen atoms in total. The lowest BCUT2D eigenvalue weighted by atomic mass is 9.74. The average Bonchev–Trinajstić information content (AvgIpc) is 1.61. The fourth-order valence-electron chi connectivity index (χ4n) is 15.5. The summed E-state index contributed by atoms with van der Waals surface area (Å²) in [6, 6.07) is 71.3. The van der Waals surface area contributed by atoms with E-state index in [0.29, 0.717) is 13.5 Å². The molecule has 484 valence electrons. The van der Waals surface area contributed by atoms with Crippen molar-refractivity contribution in [2.75, 3.05) is 37.4 Å². The van der Waals surface area contributed by atoms with Gasteiger partial charge in [-0.25, -0.2) is 37.3 Å². The number of nitrogens with zero attached hydrogens (tertiary/aromatic N) is 4. The number of allylic oxidation sites excluding steroid dienone is 8. The van der Waals surface area contributed by atoms with Crippen molar-refractivity contribution >= 4 is 109 Å². The van der Waals surface area contributed by atoms with Crippen molar-refractivity contribution in [2.45, 2.75) is 76.0 Å². The van der Waals surface area contributed by atoms with E-state index in [4.69, 9.17) is 42.0 Å². The summed E-state index contributed by atoms with van der Waals surface area (Å²) < 4.78 is 82.2. The Balaban J connectivity index is 0.000000806. The number of ether oxygens (including phenoxy) is 1. The van der Waals surface area contributed by atoms with E-state index >= 15 is 0 Å². The molecule has 0 fully saturated rings. The van der Waals surface area contributed by atoms with Crippen LogP contribution < -0.4 is 47.1 Å². The van der Waals surface area contributed by atoms with Gasteiger partial charge in [0.15, 0.2) is 11.4 Å². The van der Waals surface area contributed by atoms with E-state index in [-0.39, 0.29) is 21.7 Å². The number of hydrogen-bond acceptors (Lipinski definition) is 11. The molecule has 0 amide bonds. The molecule has 0 saturated heterocycles. The molecule has 0 saturated carbocycles. The fraction of sp³-hybridized carbons (Fsp3) is 0.205. The smallest absolute Gasteiger partial charge is 0.258 e. The maximum absolute atomic E-state index is 8.49. The Kier molecular flexibility index (Phi) is 18.5. The predicted octanol–water partition coefficient (Wildman–Crippen LogP) is 9.88. The van der Waals surface area contributed by atoms with Crippen LogP contribution in [0.25, 0.3) is 43.1 Å². The predicted molar refractivity (Wildman–Crippen MR) is 364 cm³/mol. The van der Waals surface area contributed by atoms with E-state index in [1.165, 1.54) is 122 Å². The highest BCUT2D eigenvalue weighted by molar-refractivity contribution is 9.10. The molecule has 4 aliphatic heterocycles. The molecule has 0 radical (unpaired) electrons. The van der Waals surface area contributed by atoms with E-state index in [9.17, 15) is 0 Å². The number of anilines is 2. The van der Waals surface area contributed by atoms with Crippen LogP contribution in [0.5, 0.6) is 0 Å². The monoisotopic (exact) mass is 1430 g/mol. The maximum atomic E-state index is 8.49. The van der Waals surface area contributed by atoms with Gasteiger partial charge in [0.05, 0.1) is 10.8 Å². The van der Waals surface area contributed by atoms with E-state index in [1.54, 1.807) is 0 Å². The third kappa shape index (κ3) is 13.1. The average molecular weight is 1440 g/mol. The molecule has 4 heterocycles. The van der Waals surface area contributed by atoms with Crippen LogP contribution in [0, 0.1) is 20.5 Å². The van der Waals surface area contributed by atoms with Crippen molar-refractivity contribution in [3.05, 3.63) is 284 Å². The summed E-state index contributed by atoms with van der Waals surface area (Å²) in [5.74, 6) is 0. The van der Waals surface area contributed by atoms with Crippen molar-refractivity contribution in [3.63, 3.8) is 0 Å². The Morgan fingerprint density at radius 3 is 1.12 bits per heavy atom. The molecule has 17 heteroatoms.